The number of nitrogens with zero attached hydrogens (tertiary/aromatic N) is 2. The molecule has 0 saturated carbocycles. The van der Waals surface area contributed by atoms with Crippen LogP contribution < -0.4 is 0 Å². The van der Waals surface area contributed by atoms with Gasteiger partial charge in [-0.3, -0.25) is 7.05 Å². The van der Waals surface area contributed by atoms with Crippen LogP contribution in [0.4, 0.5) is 0 Å². The average molecular weight is 127 g/mol. The van der Waals surface area contributed by atoms with Crippen LogP contribution in [0.5, 0.6) is 0 Å². The molecule has 1 saturated heterocycles. The average Bonchev–Trinajstić information content (AvgIpc) is 2.14. The van der Waals surface area contributed by atoms with E-state index in [1.54, 1.807) is 0 Å². The molecule has 1 aliphatic heterocycles. The molecule has 1 rings (SSSR count). The zero-order chi connectivity index (χ0) is 6.85. The zero-order valence-electron chi connectivity index (χ0n) is 6.30. The summed E-state index contributed by atoms with van der Waals surface area (Å²) < 4.78 is 0. The van der Waals surface area contributed by atoms with Gasteiger partial charge in [0.25, 0.3) is 0 Å². The number of hydrogen-bond donors (Lipinski definition) is 0. The van der Waals surface area contributed by atoms with Gasteiger partial charge in [-0.25, -0.2) is 0 Å². The van der Waals surface area contributed by atoms with E-state index in [2.05, 4.69) is 30.9 Å². The van der Waals surface area contributed by atoms with Gasteiger partial charge in [0, 0.05) is 6.04 Å². The Morgan fingerprint density at radius 2 is 2.22 bits per heavy atom. The van der Waals surface area contributed by atoms with Crippen LogP contribution >= 0.6 is 0 Å². The van der Waals surface area contributed by atoms with Crippen molar-refractivity contribution in [3.63, 3.8) is 0 Å². The third-order valence-corrected chi connectivity index (χ3v) is 1.98. The van der Waals surface area contributed by atoms with E-state index in [9.17, 15) is 0 Å². The SMILES string of the molecule is [CH2-]N1CC[C@@H](N(C)C)C1. The Morgan fingerprint density at radius 1 is 1.56 bits per heavy atom. The third-order valence-electron chi connectivity index (χ3n) is 1.98. The molecule has 1 aliphatic rings. The molecule has 54 valence electrons. The number of likely N-dealkylation sites (N-methyl/N-ethyl adjacent to an activating group) is 1. The Morgan fingerprint density at radius 3 is 2.44 bits per heavy atom. The van der Waals surface area contributed by atoms with Crippen molar-refractivity contribution in [2.75, 3.05) is 27.2 Å². The van der Waals surface area contributed by atoms with Crippen molar-refractivity contribution in [3.8, 4) is 0 Å². The lowest BCUT2D eigenvalue weighted by atomic mass is 10.2. The van der Waals surface area contributed by atoms with Crippen LogP contribution in [0, 0.1) is 7.05 Å². The zero-order valence-corrected chi connectivity index (χ0v) is 6.30. The topological polar surface area (TPSA) is 6.48 Å². The van der Waals surface area contributed by atoms with Gasteiger partial charge < -0.3 is 9.80 Å². The Hall–Kier alpha value is -0.0800. The first-order valence-corrected chi connectivity index (χ1v) is 3.42. The number of hydrogen-bond acceptors (Lipinski definition) is 2. The molecule has 2 heteroatoms. The van der Waals surface area contributed by atoms with E-state index in [1.807, 2.05) is 0 Å². The van der Waals surface area contributed by atoms with Gasteiger partial charge >= 0.3 is 0 Å². The van der Waals surface area contributed by atoms with E-state index < -0.39 is 0 Å². The van der Waals surface area contributed by atoms with Gasteiger partial charge in [0.05, 0.1) is 0 Å². The molecule has 1 atom stereocenters. The van der Waals surface area contributed by atoms with Gasteiger partial charge in [0.1, 0.15) is 0 Å². The summed E-state index contributed by atoms with van der Waals surface area (Å²) in [6, 6.07) is 0.738. The highest BCUT2D eigenvalue weighted by molar-refractivity contribution is 4.79. The first-order valence-electron chi connectivity index (χ1n) is 3.42. The molecule has 0 N–H and O–H groups in total. The van der Waals surface area contributed by atoms with Gasteiger partial charge in [-0.1, -0.05) is 0 Å². The van der Waals surface area contributed by atoms with E-state index in [0.29, 0.717) is 0 Å². The molecule has 0 aromatic carbocycles. The van der Waals surface area contributed by atoms with Crippen molar-refractivity contribution in [1.29, 1.82) is 0 Å². The minimum absolute atomic E-state index is 0.738. The second-order valence-corrected chi connectivity index (χ2v) is 2.98. The minimum Gasteiger partial charge on any atom is -0.458 e. The Balaban J connectivity index is 2.30. The molecule has 0 aliphatic carbocycles. The van der Waals surface area contributed by atoms with Crippen molar-refractivity contribution in [1.82, 2.24) is 9.80 Å². The predicted octanol–water partition coefficient (Wildman–Crippen LogP) is 0.414. The maximum atomic E-state index is 3.88. The monoisotopic (exact) mass is 127 g/mol. The van der Waals surface area contributed by atoms with E-state index >= 15 is 0 Å². The first kappa shape index (κ1) is 7.03. The standard InChI is InChI=1S/C7H15N2/c1-8(2)7-4-5-9(3)6-7/h7H,3-6H2,1-2H3/q-1/t7-/m1/s1. The summed E-state index contributed by atoms with van der Waals surface area (Å²) in [6.07, 6.45) is 1.27. The molecule has 0 radical (unpaired) electrons. The molecule has 1 heterocycles. The van der Waals surface area contributed by atoms with Crippen LogP contribution in [0.2, 0.25) is 0 Å². The normalized spacial score (nSPS) is 30.0. The van der Waals surface area contributed by atoms with Crippen LogP contribution in [0.15, 0.2) is 0 Å². The highest BCUT2D eigenvalue weighted by Gasteiger charge is 2.16. The van der Waals surface area contributed by atoms with Crippen LogP contribution in [0.3, 0.4) is 0 Å². The molecule has 0 bridgehead atoms. The van der Waals surface area contributed by atoms with Gasteiger partial charge in [-0.2, -0.15) is 0 Å². The van der Waals surface area contributed by atoms with Crippen molar-refractivity contribution in [2.24, 2.45) is 0 Å². The van der Waals surface area contributed by atoms with Gasteiger partial charge in [0.2, 0.25) is 0 Å². The quantitative estimate of drug-likeness (QED) is 0.471. The van der Waals surface area contributed by atoms with E-state index in [1.165, 1.54) is 6.42 Å². The maximum absolute atomic E-state index is 3.88. The molecule has 0 amide bonds. The second kappa shape index (κ2) is 2.67. The van der Waals surface area contributed by atoms with E-state index in [0.717, 1.165) is 19.1 Å². The van der Waals surface area contributed by atoms with Crippen molar-refractivity contribution in [3.05, 3.63) is 7.05 Å². The van der Waals surface area contributed by atoms with Crippen LogP contribution in [0.25, 0.3) is 0 Å². The smallest absolute Gasteiger partial charge is 0.0204 e. The number of rotatable bonds is 1. The maximum Gasteiger partial charge on any atom is 0.0204 e. The van der Waals surface area contributed by atoms with Crippen LogP contribution in [0.1, 0.15) is 6.42 Å². The highest BCUT2D eigenvalue weighted by atomic mass is 15.2. The fourth-order valence-corrected chi connectivity index (χ4v) is 1.23. The van der Waals surface area contributed by atoms with Crippen molar-refractivity contribution >= 4 is 0 Å². The molecule has 0 spiro atoms. The molecule has 1 fully saturated rings. The highest BCUT2D eigenvalue weighted by Crippen LogP contribution is 2.10. The lowest BCUT2D eigenvalue weighted by Gasteiger charge is -2.21. The lowest BCUT2D eigenvalue weighted by molar-refractivity contribution is 0.295. The number of likely N-dealkylation sites (tertiary alicyclic amines) is 1. The summed E-state index contributed by atoms with van der Waals surface area (Å²) in [7, 11) is 8.13. The molecular weight excluding hydrogens is 112 g/mol. The molecule has 0 aromatic rings. The largest absolute Gasteiger partial charge is 0.458 e. The van der Waals surface area contributed by atoms with Crippen LogP contribution in [-0.4, -0.2) is 43.0 Å². The summed E-state index contributed by atoms with van der Waals surface area (Å²) in [6.45, 7) is 2.29. The summed E-state index contributed by atoms with van der Waals surface area (Å²) in [5, 5.41) is 0. The molecule has 0 aromatic heterocycles. The minimum atomic E-state index is 0.738. The third kappa shape index (κ3) is 1.66. The fraction of sp³-hybridized carbons (Fsp3) is 0.857. The van der Waals surface area contributed by atoms with Gasteiger partial charge in [-0.05, 0) is 33.6 Å². The Kier molecular flexibility index (Phi) is 2.09. The summed E-state index contributed by atoms with van der Waals surface area (Å²) in [5.41, 5.74) is 0. The Bertz CT molecular complexity index is 90.9. The summed E-state index contributed by atoms with van der Waals surface area (Å²) >= 11 is 0. The molecule has 0 unspecified atom stereocenters. The van der Waals surface area contributed by atoms with Crippen LogP contribution in [-0.2, 0) is 0 Å². The lowest BCUT2D eigenvalue weighted by Crippen LogP contribution is -2.29. The molecular formula is C7H15N2-. The van der Waals surface area contributed by atoms with Crippen molar-refractivity contribution in [2.45, 2.75) is 12.5 Å². The van der Waals surface area contributed by atoms with Gasteiger partial charge in [0.15, 0.2) is 0 Å². The Labute approximate surface area is 57.4 Å². The fourth-order valence-electron chi connectivity index (χ4n) is 1.23. The van der Waals surface area contributed by atoms with E-state index in [4.69, 9.17) is 0 Å². The molecule has 9 heavy (non-hydrogen) atoms. The predicted molar refractivity (Wildman–Crippen MR) is 39.0 cm³/mol. The van der Waals surface area contributed by atoms with E-state index in [-0.39, 0.29) is 0 Å². The molecule has 2 nitrogen and oxygen atoms in total. The van der Waals surface area contributed by atoms with Crippen molar-refractivity contribution < 1.29 is 0 Å². The first-order chi connectivity index (χ1) is 4.20. The summed E-state index contributed by atoms with van der Waals surface area (Å²) in [5.74, 6) is 0. The van der Waals surface area contributed by atoms with Gasteiger partial charge in [-0.15, -0.1) is 0 Å². The summed E-state index contributed by atoms with van der Waals surface area (Å²) in [4.78, 5) is 4.40. The second-order valence-electron chi connectivity index (χ2n) is 2.98.